The zero-order chi connectivity index (χ0) is 14.4. The van der Waals surface area contributed by atoms with Crippen molar-refractivity contribution in [3.05, 3.63) is 46.0 Å². The first-order valence-corrected chi connectivity index (χ1v) is 7.93. The molecule has 0 saturated carbocycles. The average Bonchev–Trinajstić information content (AvgIpc) is 2.98. The number of rotatable bonds is 2. The van der Waals surface area contributed by atoms with Crippen molar-refractivity contribution in [1.29, 1.82) is 0 Å². The minimum absolute atomic E-state index is 0.481. The zero-order valence-corrected chi connectivity index (χ0v) is 13.2. The normalized spacial score (nSPS) is 11.5. The number of halogens is 1. The van der Waals surface area contributed by atoms with Gasteiger partial charge >= 0.3 is 0 Å². The van der Waals surface area contributed by atoms with Gasteiger partial charge < -0.3 is 5.73 Å². The van der Waals surface area contributed by atoms with Crippen LogP contribution in [0.2, 0.25) is 0 Å². The van der Waals surface area contributed by atoms with Gasteiger partial charge in [-0.2, -0.15) is 0 Å². The number of nitrogens with two attached hydrogens (primary N) is 1. The van der Waals surface area contributed by atoms with E-state index in [2.05, 4.69) is 43.0 Å². The molecule has 5 nitrogen and oxygen atoms in total. The minimum Gasteiger partial charge on any atom is -0.369 e. The summed E-state index contributed by atoms with van der Waals surface area (Å²) in [4.78, 5) is 13.1. The number of thiazole rings is 1. The van der Waals surface area contributed by atoms with E-state index >= 15 is 0 Å². The quantitative estimate of drug-likeness (QED) is 0.595. The molecular weight excluding hydrogens is 350 g/mol. The first-order valence-electron chi connectivity index (χ1n) is 6.32. The minimum atomic E-state index is 0.481. The van der Waals surface area contributed by atoms with Gasteiger partial charge in [0.25, 0.3) is 0 Å². The molecule has 4 rings (SSSR count). The topological polar surface area (TPSA) is 69.6 Å². The summed E-state index contributed by atoms with van der Waals surface area (Å²) in [5.41, 5.74) is 9.78. The summed E-state index contributed by atoms with van der Waals surface area (Å²) < 4.78 is 3.96. The molecule has 0 atom stereocenters. The molecule has 0 spiro atoms. The van der Waals surface area contributed by atoms with Crippen molar-refractivity contribution >= 4 is 54.6 Å². The van der Waals surface area contributed by atoms with E-state index in [1.165, 1.54) is 0 Å². The molecule has 0 aliphatic heterocycles. The van der Waals surface area contributed by atoms with Crippen molar-refractivity contribution in [2.45, 2.75) is 6.54 Å². The van der Waals surface area contributed by atoms with Crippen LogP contribution in [0.1, 0.15) is 5.56 Å². The van der Waals surface area contributed by atoms with Gasteiger partial charge in [0.2, 0.25) is 5.95 Å². The molecule has 0 saturated heterocycles. The van der Waals surface area contributed by atoms with E-state index in [1.54, 1.807) is 17.5 Å². The highest BCUT2D eigenvalue weighted by Crippen LogP contribution is 2.27. The van der Waals surface area contributed by atoms with Crippen LogP contribution < -0.4 is 5.73 Å². The molecule has 3 heterocycles. The first-order chi connectivity index (χ1) is 10.2. The zero-order valence-electron chi connectivity index (χ0n) is 10.8. The van der Waals surface area contributed by atoms with Crippen LogP contribution >= 0.6 is 27.3 Å². The summed E-state index contributed by atoms with van der Waals surface area (Å²) in [6.45, 7) is 0.644. The van der Waals surface area contributed by atoms with Gasteiger partial charge in [-0.3, -0.25) is 4.57 Å². The van der Waals surface area contributed by atoms with Gasteiger partial charge in [0.1, 0.15) is 5.52 Å². The fourth-order valence-corrected chi connectivity index (χ4v) is 3.82. The van der Waals surface area contributed by atoms with Crippen molar-refractivity contribution < 1.29 is 0 Å². The van der Waals surface area contributed by atoms with Gasteiger partial charge in [-0.25, -0.2) is 15.0 Å². The van der Waals surface area contributed by atoms with Crippen LogP contribution in [-0.4, -0.2) is 19.5 Å². The van der Waals surface area contributed by atoms with E-state index in [9.17, 15) is 0 Å². The molecule has 0 amide bonds. The number of hydrogen-bond acceptors (Lipinski definition) is 5. The van der Waals surface area contributed by atoms with Gasteiger partial charge in [0.15, 0.2) is 9.56 Å². The van der Waals surface area contributed by atoms with Gasteiger partial charge in [-0.05, 0) is 45.8 Å². The molecule has 4 aromatic rings. The lowest BCUT2D eigenvalue weighted by atomic mass is 10.2. The maximum atomic E-state index is 6.01. The highest BCUT2D eigenvalue weighted by atomic mass is 79.9. The van der Waals surface area contributed by atoms with E-state index in [0.29, 0.717) is 12.5 Å². The number of imidazole rings is 1. The predicted molar refractivity (Wildman–Crippen MR) is 88.4 cm³/mol. The van der Waals surface area contributed by atoms with Crippen molar-refractivity contribution in [3.63, 3.8) is 0 Å². The fraction of sp³-hybridized carbons (Fsp3) is 0.0714. The maximum absolute atomic E-state index is 6.01. The summed E-state index contributed by atoms with van der Waals surface area (Å²) >= 11 is 5.04. The number of benzene rings is 1. The highest BCUT2D eigenvalue weighted by Gasteiger charge is 2.10. The van der Waals surface area contributed by atoms with E-state index in [0.717, 1.165) is 30.9 Å². The molecule has 104 valence electrons. The van der Waals surface area contributed by atoms with Crippen LogP contribution in [0.5, 0.6) is 0 Å². The van der Waals surface area contributed by atoms with Gasteiger partial charge in [-0.15, -0.1) is 11.3 Å². The van der Waals surface area contributed by atoms with E-state index in [4.69, 9.17) is 5.73 Å². The largest absolute Gasteiger partial charge is 0.369 e. The summed E-state index contributed by atoms with van der Waals surface area (Å²) in [5, 5.41) is 0. The molecule has 0 aliphatic carbocycles. The lowest BCUT2D eigenvalue weighted by molar-refractivity contribution is 0.829. The Kier molecular flexibility index (Phi) is 2.90. The van der Waals surface area contributed by atoms with Crippen LogP contribution in [0.25, 0.3) is 21.4 Å². The number of hydrogen-bond donors (Lipinski definition) is 1. The molecule has 0 radical (unpaired) electrons. The Hall–Kier alpha value is -1.99. The Morgan fingerprint density at radius 2 is 2.10 bits per heavy atom. The standard InChI is InChI=1S/C14H10BrN5S/c15-13-18-9-4-3-8(6-11(9)21-13)7-20-12-10(19-14(20)16)2-1-5-17-12/h1-6H,7H2,(H2,16,19). The molecule has 1 aromatic carbocycles. The smallest absolute Gasteiger partial charge is 0.202 e. The van der Waals surface area contributed by atoms with Gasteiger partial charge in [0, 0.05) is 6.20 Å². The lowest BCUT2D eigenvalue weighted by Crippen LogP contribution is -2.05. The second-order valence-corrected chi connectivity index (χ2v) is 6.98. The Balaban J connectivity index is 1.80. The van der Waals surface area contributed by atoms with Crippen LogP contribution in [0.3, 0.4) is 0 Å². The number of pyridine rings is 1. The molecular formula is C14H10BrN5S. The second-order valence-electron chi connectivity index (χ2n) is 4.67. The second kappa shape index (κ2) is 4.78. The first kappa shape index (κ1) is 12.7. The summed E-state index contributed by atoms with van der Waals surface area (Å²) in [6.07, 6.45) is 1.75. The molecule has 21 heavy (non-hydrogen) atoms. The molecule has 3 aromatic heterocycles. The Morgan fingerprint density at radius 3 is 3.00 bits per heavy atom. The van der Waals surface area contributed by atoms with Crippen LogP contribution in [0.4, 0.5) is 5.95 Å². The SMILES string of the molecule is Nc1nc2cccnc2n1Cc1ccc2nc(Br)sc2c1. The number of nitrogens with zero attached hydrogens (tertiary/aromatic N) is 4. The van der Waals surface area contributed by atoms with Crippen LogP contribution in [-0.2, 0) is 6.54 Å². The van der Waals surface area contributed by atoms with Crippen molar-refractivity contribution in [3.8, 4) is 0 Å². The van der Waals surface area contributed by atoms with E-state index in [-0.39, 0.29) is 0 Å². The van der Waals surface area contributed by atoms with Gasteiger partial charge in [-0.1, -0.05) is 6.07 Å². The van der Waals surface area contributed by atoms with Crippen LogP contribution in [0.15, 0.2) is 40.4 Å². The number of fused-ring (bicyclic) bond motifs is 2. The summed E-state index contributed by atoms with van der Waals surface area (Å²) in [5.74, 6) is 0.481. The Labute approximate surface area is 132 Å². The predicted octanol–water partition coefficient (Wildman–Crippen LogP) is 3.43. The maximum Gasteiger partial charge on any atom is 0.202 e. The molecule has 0 unspecified atom stereocenters. The monoisotopic (exact) mass is 359 g/mol. The lowest BCUT2D eigenvalue weighted by Gasteiger charge is -2.05. The Bertz CT molecular complexity index is 958. The van der Waals surface area contributed by atoms with Gasteiger partial charge in [0.05, 0.1) is 16.8 Å². The number of nitrogen functional groups attached to an aromatic ring is 1. The van der Waals surface area contributed by atoms with Crippen molar-refractivity contribution in [2.75, 3.05) is 5.73 Å². The third-order valence-electron chi connectivity index (χ3n) is 3.30. The summed E-state index contributed by atoms with van der Waals surface area (Å²) in [7, 11) is 0. The molecule has 2 N–H and O–H groups in total. The van der Waals surface area contributed by atoms with E-state index < -0.39 is 0 Å². The molecule has 0 bridgehead atoms. The molecule has 0 fully saturated rings. The fourth-order valence-electron chi connectivity index (χ4n) is 2.35. The highest BCUT2D eigenvalue weighted by molar-refractivity contribution is 9.11. The van der Waals surface area contributed by atoms with E-state index in [1.807, 2.05) is 22.8 Å². The van der Waals surface area contributed by atoms with Crippen LogP contribution in [0, 0.1) is 0 Å². The number of aromatic nitrogens is 4. The molecule has 0 aliphatic rings. The summed E-state index contributed by atoms with van der Waals surface area (Å²) in [6, 6.07) is 9.99. The third-order valence-corrected chi connectivity index (χ3v) is 4.77. The third kappa shape index (κ3) is 2.18. The average molecular weight is 360 g/mol. The number of anilines is 1. The van der Waals surface area contributed by atoms with Crippen molar-refractivity contribution in [2.24, 2.45) is 0 Å². The van der Waals surface area contributed by atoms with Crippen molar-refractivity contribution in [1.82, 2.24) is 19.5 Å². The molecule has 7 heteroatoms. The Morgan fingerprint density at radius 1 is 1.19 bits per heavy atom.